The van der Waals surface area contributed by atoms with E-state index in [0.717, 1.165) is 5.56 Å². The molecule has 20 heavy (non-hydrogen) atoms. The van der Waals surface area contributed by atoms with E-state index in [0.29, 0.717) is 17.8 Å². The SMILES string of the molecule is C=CC=Nc1cnccc1C=NCc1ccccc1F. The van der Waals surface area contributed by atoms with Crippen molar-refractivity contribution in [3.8, 4) is 0 Å². The van der Waals surface area contributed by atoms with Gasteiger partial charge in [0.05, 0.1) is 18.4 Å². The molecule has 1 aromatic heterocycles. The third kappa shape index (κ3) is 3.68. The number of pyridine rings is 1. The Kier molecular flexibility index (Phi) is 4.89. The molecule has 4 heteroatoms. The fraction of sp³-hybridized carbons (Fsp3) is 0.0625. The summed E-state index contributed by atoms with van der Waals surface area (Å²) in [6.07, 6.45) is 8.16. The van der Waals surface area contributed by atoms with Gasteiger partial charge >= 0.3 is 0 Å². The second-order valence-electron chi connectivity index (χ2n) is 4.01. The molecule has 0 amide bonds. The molecule has 1 aromatic carbocycles. The van der Waals surface area contributed by atoms with Crippen molar-refractivity contribution in [1.29, 1.82) is 0 Å². The zero-order chi connectivity index (χ0) is 14.2. The lowest BCUT2D eigenvalue weighted by atomic mass is 10.2. The first-order valence-corrected chi connectivity index (χ1v) is 6.13. The molecule has 0 fully saturated rings. The van der Waals surface area contributed by atoms with E-state index < -0.39 is 0 Å². The normalized spacial score (nSPS) is 11.2. The van der Waals surface area contributed by atoms with Gasteiger partial charge in [-0.25, -0.2) is 4.39 Å². The van der Waals surface area contributed by atoms with Crippen LogP contribution in [0.15, 0.2) is 65.4 Å². The van der Waals surface area contributed by atoms with E-state index in [4.69, 9.17) is 0 Å². The average molecular weight is 267 g/mol. The Balaban J connectivity index is 2.14. The molecule has 2 rings (SSSR count). The van der Waals surface area contributed by atoms with E-state index in [1.165, 1.54) is 6.07 Å². The van der Waals surface area contributed by atoms with Crippen LogP contribution in [0.25, 0.3) is 0 Å². The van der Waals surface area contributed by atoms with E-state index >= 15 is 0 Å². The second kappa shape index (κ2) is 7.09. The number of allylic oxidation sites excluding steroid dienone is 1. The molecule has 0 saturated carbocycles. The molecule has 3 nitrogen and oxygen atoms in total. The molecule has 0 aliphatic rings. The van der Waals surface area contributed by atoms with Crippen molar-refractivity contribution >= 4 is 18.1 Å². The van der Waals surface area contributed by atoms with Crippen LogP contribution in [-0.4, -0.2) is 17.4 Å². The lowest BCUT2D eigenvalue weighted by Crippen LogP contribution is -1.89. The molecular weight excluding hydrogens is 253 g/mol. The standard InChI is InChI=1S/C16H14FN3/c1-2-8-20-16-12-18-9-7-14(16)11-19-10-13-5-3-4-6-15(13)17/h2-9,11-12H,1,10H2. The fourth-order valence-corrected chi connectivity index (χ4v) is 1.62. The van der Waals surface area contributed by atoms with Gasteiger partial charge in [-0.1, -0.05) is 30.9 Å². The van der Waals surface area contributed by atoms with Crippen LogP contribution < -0.4 is 0 Å². The van der Waals surface area contributed by atoms with Gasteiger partial charge in [0.25, 0.3) is 0 Å². The predicted molar refractivity (Wildman–Crippen MR) is 80.3 cm³/mol. The highest BCUT2D eigenvalue weighted by Gasteiger charge is 1.99. The predicted octanol–water partition coefficient (Wildman–Crippen LogP) is 3.73. The van der Waals surface area contributed by atoms with Gasteiger partial charge in [-0.05, 0) is 12.1 Å². The Labute approximate surface area is 117 Å². The maximum absolute atomic E-state index is 13.4. The fourth-order valence-electron chi connectivity index (χ4n) is 1.62. The van der Waals surface area contributed by atoms with E-state index in [-0.39, 0.29) is 5.82 Å². The number of halogens is 1. The van der Waals surface area contributed by atoms with Gasteiger partial charge in [-0.15, -0.1) is 0 Å². The highest BCUT2D eigenvalue weighted by atomic mass is 19.1. The summed E-state index contributed by atoms with van der Waals surface area (Å²) in [6.45, 7) is 3.86. The number of benzene rings is 1. The number of rotatable bonds is 5. The van der Waals surface area contributed by atoms with Crippen LogP contribution in [0.1, 0.15) is 11.1 Å². The van der Waals surface area contributed by atoms with Crippen molar-refractivity contribution in [3.63, 3.8) is 0 Å². The Hall–Kier alpha value is -2.62. The third-order valence-corrected chi connectivity index (χ3v) is 2.60. The number of aromatic nitrogens is 1. The van der Waals surface area contributed by atoms with Crippen molar-refractivity contribution in [2.45, 2.75) is 6.54 Å². The lowest BCUT2D eigenvalue weighted by molar-refractivity contribution is 0.611. The van der Waals surface area contributed by atoms with Gasteiger partial charge in [0.1, 0.15) is 5.82 Å². The molecule has 100 valence electrons. The minimum atomic E-state index is -0.246. The molecule has 0 radical (unpaired) electrons. The van der Waals surface area contributed by atoms with Gasteiger partial charge in [-0.2, -0.15) is 0 Å². The number of hydrogen-bond donors (Lipinski definition) is 0. The van der Waals surface area contributed by atoms with Crippen LogP contribution in [0.2, 0.25) is 0 Å². The van der Waals surface area contributed by atoms with E-state index in [9.17, 15) is 4.39 Å². The third-order valence-electron chi connectivity index (χ3n) is 2.60. The minimum Gasteiger partial charge on any atom is -0.288 e. The summed E-state index contributed by atoms with van der Waals surface area (Å²) in [5.74, 6) is -0.246. The van der Waals surface area contributed by atoms with E-state index in [1.54, 1.807) is 55.2 Å². The summed E-state index contributed by atoms with van der Waals surface area (Å²) in [7, 11) is 0. The van der Waals surface area contributed by atoms with Crippen LogP contribution in [0.5, 0.6) is 0 Å². The second-order valence-corrected chi connectivity index (χ2v) is 4.01. The molecule has 0 N–H and O–H groups in total. The number of hydrogen-bond acceptors (Lipinski definition) is 3. The molecule has 0 unspecified atom stereocenters. The molecule has 2 aromatic rings. The Morgan fingerprint density at radius 2 is 2.10 bits per heavy atom. The highest BCUT2D eigenvalue weighted by molar-refractivity contribution is 5.88. The molecular formula is C16H14FN3. The first-order chi connectivity index (χ1) is 9.81. The number of aliphatic imine (C=N–C) groups is 2. The molecule has 0 atom stereocenters. The molecule has 0 aliphatic heterocycles. The summed E-state index contributed by atoms with van der Waals surface area (Å²) in [5, 5.41) is 0. The summed E-state index contributed by atoms with van der Waals surface area (Å²) >= 11 is 0. The van der Waals surface area contributed by atoms with Crippen molar-refractivity contribution in [3.05, 3.63) is 72.3 Å². The minimum absolute atomic E-state index is 0.246. The average Bonchev–Trinajstić information content (AvgIpc) is 2.48. The quantitative estimate of drug-likeness (QED) is 0.760. The zero-order valence-electron chi connectivity index (χ0n) is 10.9. The molecule has 0 saturated heterocycles. The molecule has 0 bridgehead atoms. The van der Waals surface area contributed by atoms with Crippen LogP contribution in [0.4, 0.5) is 10.1 Å². The van der Waals surface area contributed by atoms with Crippen molar-refractivity contribution in [2.24, 2.45) is 9.98 Å². The largest absolute Gasteiger partial charge is 0.288 e. The monoisotopic (exact) mass is 267 g/mol. The topological polar surface area (TPSA) is 37.6 Å². The van der Waals surface area contributed by atoms with Gasteiger partial charge in [-0.3, -0.25) is 15.0 Å². The van der Waals surface area contributed by atoms with Crippen molar-refractivity contribution in [2.75, 3.05) is 0 Å². The van der Waals surface area contributed by atoms with Crippen LogP contribution >= 0.6 is 0 Å². The summed E-state index contributed by atoms with van der Waals surface area (Å²) < 4.78 is 13.4. The Bertz CT molecular complexity index is 648. The lowest BCUT2D eigenvalue weighted by Gasteiger charge is -2.00. The Morgan fingerprint density at radius 1 is 1.25 bits per heavy atom. The molecule has 0 aliphatic carbocycles. The summed E-state index contributed by atoms with van der Waals surface area (Å²) in [5.41, 5.74) is 2.09. The van der Waals surface area contributed by atoms with Gasteiger partial charge in [0.15, 0.2) is 0 Å². The molecule has 1 heterocycles. The first kappa shape index (κ1) is 13.8. The van der Waals surface area contributed by atoms with E-state index in [2.05, 4.69) is 21.5 Å². The smallest absolute Gasteiger partial charge is 0.128 e. The van der Waals surface area contributed by atoms with E-state index in [1.807, 2.05) is 0 Å². The van der Waals surface area contributed by atoms with Crippen LogP contribution in [0, 0.1) is 5.82 Å². The summed E-state index contributed by atoms with van der Waals surface area (Å²) in [4.78, 5) is 12.5. The Morgan fingerprint density at radius 3 is 2.90 bits per heavy atom. The van der Waals surface area contributed by atoms with Gasteiger partial charge in [0, 0.05) is 29.8 Å². The van der Waals surface area contributed by atoms with Crippen molar-refractivity contribution in [1.82, 2.24) is 4.98 Å². The van der Waals surface area contributed by atoms with Crippen LogP contribution in [-0.2, 0) is 6.54 Å². The zero-order valence-corrected chi connectivity index (χ0v) is 10.9. The first-order valence-electron chi connectivity index (χ1n) is 6.13. The summed E-state index contributed by atoms with van der Waals surface area (Å²) in [6, 6.07) is 8.40. The maximum Gasteiger partial charge on any atom is 0.128 e. The van der Waals surface area contributed by atoms with Crippen LogP contribution in [0.3, 0.4) is 0 Å². The highest BCUT2D eigenvalue weighted by Crippen LogP contribution is 2.15. The molecule has 0 spiro atoms. The van der Waals surface area contributed by atoms with Gasteiger partial charge in [0.2, 0.25) is 0 Å². The maximum atomic E-state index is 13.4. The number of nitrogens with zero attached hydrogens (tertiary/aromatic N) is 3. The van der Waals surface area contributed by atoms with Crippen molar-refractivity contribution < 1.29 is 4.39 Å². The van der Waals surface area contributed by atoms with Gasteiger partial charge < -0.3 is 0 Å².